The van der Waals surface area contributed by atoms with Gasteiger partial charge in [0.1, 0.15) is 0 Å². The predicted molar refractivity (Wildman–Crippen MR) is 72.0 cm³/mol. The zero-order valence-electron chi connectivity index (χ0n) is 11.3. The molecule has 0 aromatic heterocycles. The molecule has 0 bridgehead atoms. The first-order valence-corrected chi connectivity index (χ1v) is 6.33. The van der Waals surface area contributed by atoms with Gasteiger partial charge in [-0.15, -0.1) is 0 Å². The molecule has 1 unspecified atom stereocenters. The second kappa shape index (κ2) is 6.80. The Bertz CT molecular complexity index is 431. The molecule has 0 saturated carbocycles. The number of nitrogens with zero attached hydrogens (tertiary/aromatic N) is 2. The molecule has 0 heterocycles. The number of nitriles is 1. The molecule has 18 heavy (non-hydrogen) atoms. The van der Waals surface area contributed by atoms with E-state index in [2.05, 4.69) is 19.9 Å². The lowest BCUT2D eigenvalue weighted by Gasteiger charge is -2.23. The highest BCUT2D eigenvalue weighted by Crippen LogP contribution is 2.09. The van der Waals surface area contributed by atoms with E-state index >= 15 is 0 Å². The molecule has 0 aliphatic carbocycles. The van der Waals surface area contributed by atoms with Gasteiger partial charge in [-0.3, -0.25) is 4.79 Å². The lowest BCUT2D eigenvalue weighted by molar-refractivity contribution is -0.131. The summed E-state index contributed by atoms with van der Waals surface area (Å²) in [7, 11) is 1.86. The summed E-state index contributed by atoms with van der Waals surface area (Å²) in [5.41, 5.74) is 1.75. The lowest BCUT2D eigenvalue weighted by atomic mass is 10.1. The fourth-order valence-corrected chi connectivity index (χ4v) is 1.69. The summed E-state index contributed by atoms with van der Waals surface area (Å²) in [5, 5.41) is 8.70. The Balaban J connectivity index is 2.49. The van der Waals surface area contributed by atoms with Crippen molar-refractivity contribution in [3.8, 4) is 6.07 Å². The lowest BCUT2D eigenvalue weighted by Crippen LogP contribution is -2.34. The minimum absolute atomic E-state index is 0.175. The fraction of sp³-hybridized carbons (Fsp3) is 0.467. The number of amides is 1. The van der Waals surface area contributed by atoms with E-state index in [0.717, 1.165) is 18.4 Å². The van der Waals surface area contributed by atoms with E-state index < -0.39 is 0 Å². The summed E-state index contributed by atoms with van der Waals surface area (Å²) in [6.07, 6.45) is 2.22. The molecule has 96 valence electrons. The molecule has 1 rings (SSSR count). The molecule has 0 aliphatic heterocycles. The van der Waals surface area contributed by atoms with Crippen LogP contribution in [0.2, 0.25) is 0 Å². The van der Waals surface area contributed by atoms with E-state index in [1.807, 2.05) is 24.1 Å². The van der Waals surface area contributed by atoms with Crippen LogP contribution < -0.4 is 0 Å². The summed E-state index contributed by atoms with van der Waals surface area (Å²) >= 11 is 0. The first-order valence-electron chi connectivity index (χ1n) is 6.33. The number of hydrogen-bond donors (Lipinski definition) is 0. The maximum absolute atomic E-state index is 11.9. The molecule has 1 aromatic rings. The van der Waals surface area contributed by atoms with E-state index in [0.29, 0.717) is 18.0 Å². The van der Waals surface area contributed by atoms with Gasteiger partial charge in [0.25, 0.3) is 0 Å². The van der Waals surface area contributed by atoms with Crippen molar-refractivity contribution in [2.24, 2.45) is 0 Å². The standard InChI is InChI=1S/C15H20N2O/c1-4-12(2)17(3)15(18)10-9-13-5-7-14(11-16)8-6-13/h5-8,12H,4,9-10H2,1-3H3. The van der Waals surface area contributed by atoms with Gasteiger partial charge in [-0.1, -0.05) is 19.1 Å². The third kappa shape index (κ3) is 3.89. The summed E-state index contributed by atoms with van der Waals surface area (Å²) in [6, 6.07) is 9.78. The topological polar surface area (TPSA) is 44.1 Å². The Morgan fingerprint density at radius 1 is 1.39 bits per heavy atom. The van der Waals surface area contributed by atoms with Crippen LogP contribution in [-0.2, 0) is 11.2 Å². The first-order chi connectivity index (χ1) is 8.58. The number of hydrogen-bond acceptors (Lipinski definition) is 2. The van der Waals surface area contributed by atoms with Gasteiger partial charge in [0.2, 0.25) is 5.91 Å². The summed E-state index contributed by atoms with van der Waals surface area (Å²) in [4.78, 5) is 13.7. The minimum atomic E-state index is 0.175. The normalized spacial score (nSPS) is 11.7. The van der Waals surface area contributed by atoms with Crippen LogP contribution in [0.3, 0.4) is 0 Å². The predicted octanol–water partition coefficient (Wildman–Crippen LogP) is 2.75. The summed E-state index contributed by atoms with van der Waals surface area (Å²) in [6.45, 7) is 4.13. The van der Waals surface area contributed by atoms with Crippen molar-refractivity contribution >= 4 is 5.91 Å². The van der Waals surface area contributed by atoms with Crippen LogP contribution >= 0.6 is 0 Å². The molecule has 1 aromatic carbocycles. The molecular formula is C15H20N2O. The van der Waals surface area contributed by atoms with Gasteiger partial charge in [-0.2, -0.15) is 5.26 Å². The molecule has 1 atom stereocenters. The quantitative estimate of drug-likeness (QED) is 0.799. The first kappa shape index (κ1) is 14.2. The highest BCUT2D eigenvalue weighted by molar-refractivity contribution is 5.76. The SMILES string of the molecule is CCC(C)N(C)C(=O)CCc1ccc(C#N)cc1. The zero-order valence-corrected chi connectivity index (χ0v) is 11.3. The Morgan fingerprint density at radius 3 is 2.50 bits per heavy atom. The van der Waals surface area contributed by atoms with Crippen molar-refractivity contribution < 1.29 is 4.79 Å². The number of rotatable bonds is 5. The number of benzene rings is 1. The highest BCUT2D eigenvalue weighted by Gasteiger charge is 2.13. The van der Waals surface area contributed by atoms with Gasteiger partial charge in [0, 0.05) is 19.5 Å². The Kier molecular flexibility index (Phi) is 5.38. The van der Waals surface area contributed by atoms with E-state index in [1.165, 1.54) is 0 Å². The number of carbonyl (C=O) groups excluding carboxylic acids is 1. The largest absolute Gasteiger partial charge is 0.343 e. The van der Waals surface area contributed by atoms with Crippen molar-refractivity contribution in [1.82, 2.24) is 4.90 Å². The molecule has 3 nitrogen and oxygen atoms in total. The van der Waals surface area contributed by atoms with Gasteiger partial charge in [-0.05, 0) is 37.5 Å². The van der Waals surface area contributed by atoms with Crippen molar-refractivity contribution in [3.63, 3.8) is 0 Å². The third-order valence-corrected chi connectivity index (χ3v) is 3.36. The molecular weight excluding hydrogens is 224 g/mol. The van der Waals surface area contributed by atoms with E-state index in [-0.39, 0.29) is 5.91 Å². The van der Waals surface area contributed by atoms with Crippen molar-refractivity contribution in [2.75, 3.05) is 7.05 Å². The van der Waals surface area contributed by atoms with Crippen molar-refractivity contribution in [3.05, 3.63) is 35.4 Å². The second-order valence-electron chi connectivity index (χ2n) is 4.57. The van der Waals surface area contributed by atoms with Gasteiger partial charge >= 0.3 is 0 Å². The Labute approximate surface area is 109 Å². The van der Waals surface area contributed by atoms with Crippen molar-refractivity contribution in [1.29, 1.82) is 5.26 Å². The van der Waals surface area contributed by atoms with Crippen LogP contribution in [0.1, 0.15) is 37.8 Å². The summed E-state index contributed by atoms with van der Waals surface area (Å²) in [5.74, 6) is 0.175. The van der Waals surface area contributed by atoms with Gasteiger partial charge in [-0.25, -0.2) is 0 Å². The molecule has 0 aliphatic rings. The average Bonchev–Trinajstić information content (AvgIpc) is 2.43. The molecule has 0 fully saturated rings. The highest BCUT2D eigenvalue weighted by atomic mass is 16.2. The van der Waals surface area contributed by atoms with E-state index in [4.69, 9.17) is 5.26 Å². The number of aryl methyl sites for hydroxylation is 1. The van der Waals surface area contributed by atoms with Crippen LogP contribution in [0.5, 0.6) is 0 Å². The van der Waals surface area contributed by atoms with Crippen LogP contribution in [-0.4, -0.2) is 23.9 Å². The maximum atomic E-state index is 11.9. The smallest absolute Gasteiger partial charge is 0.222 e. The van der Waals surface area contributed by atoms with E-state index in [9.17, 15) is 4.79 Å². The molecule has 0 saturated heterocycles. The molecule has 0 radical (unpaired) electrons. The van der Waals surface area contributed by atoms with Crippen LogP contribution in [0.25, 0.3) is 0 Å². The van der Waals surface area contributed by atoms with Crippen LogP contribution in [0.4, 0.5) is 0 Å². The van der Waals surface area contributed by atoms with E-state index in [1.54, 1.807) is 12.1 Å². The zero-order chi connectivity index (χ0) is 13.5. The summed E-state index contributed by atoms with van der Waals surface area (Å²) < 4.78 is 0. The third-order valence-electron chi connectivity index (χ3n) is 3.36. The fourth-order valence-electron chi connectivity index (χ4n) is 1.69. The Hall–Kier alpha value is -1.82. The minimum Gasteiger partial charge on any atom is -0.343 e. The van der Waals surface area contributed by atoms with Gasteiger partial charge < -0.3 is 4.90 Å². The maximum Gasteiger partial charge on any atom is 0.222 e. The molecule has 0 spiro atoms. The Morgan fingerprint density at radius 2 is 2.00 bits per heavy atom. The van der Waals surface area contributed by atoms with Crippen LogP contribution in [0.15, 0.2) is 24.3 Å². The average molecular weight is 244 g/mol. The second-order valence-corrected chi connectivity index (χ2v) is 4.57. The molecule has 3 heteroatoms. The van der Waals surface area contributed by atoms with Gasteiger partial charge in [0.15, 0.2) is 0 Å². The van der Waals surface area contributed by atoms with Crippen molar-refractivity contribution in [2.45, 2.75) is 39.2 Å². The van der Waals surface area contributed by atoms with Gasteiger partial charge in [0.05, 0.1) is 11.6 Å². The monoisotopic (exact) mass is 244 g/mol. The van der Waals surface area contributed by atoms with Crippen LogP contribution in [0, 0.1) is 11.3 Å². The molecule has 1 amide bonds. The molecule has 0 N–H and O–H groups in total. The number of carbonyl (C=O) groups is 1.